The summed E-state index contributed by atoms with van der Waals surface area (Å²) in [6.45, 7) is 2.02. The molecule has 0 radical (unpaired) electrons. The molecule has 8 bridgehead atoms. The third-order valence-electron chi connectivity index (χ3n) is 7.87. The topological polar surface area (TPSA) is 165 Å². The van der Waals surface area contributed by atoms with Gasteiger partial charge in [0, 0.05) is 30.4 Å². The molecule has 0 aliphatic carbocycles. The summed E-state index contributed by atoms with van der Waals surface area (Å²) >= 11 is 0. The molecule has 3 aromatic carbocycles. The Morgan fingerprint density at radius 3 is 2.50 bits per heavy atom. The van der Waals surface area contributed by atoms with Crippen LogP contribution in [0.3, 0.4) is 0 Å². The van der Waals surface area contributed by atoms with Crippen LogP contribution in [-0.2, 0) is 20.8 Å². The molecule has 3 amide bonds. The van der Waals surface area contributed by atoms with Gasteiger partial charge in [-0.3, -0.25) is 14.4 Å². The Morgan fingerprint density at radius 1 is 0.938 bits per heavy atom. The maximum Gasteiger partial charge on any atom is 0.278 e. The quantitative estimate of drug-likeness (QED) is 0.202. The molecule has 4 aromatic rings. The number of nitrogens with zero attached hydrogens (tertiary/aromatic N) is 2. The van der Waals surface area contributed by atoms with Crippen molar-refractivity contribution in [3.05, 3.63) is 84.3 Å². The molecule has 6 aliphatic rings. The van der Waals surface area contributed by atoms with Gasteiger partial charge in [0.15, 0.2) is 23.1 Å². The fraction of sp³-hybridized carbons (Fsp3) is 0.265. The predicted octanol–water partition coefficient (Wildman–Crippen LogP) is 4.22. The van der Waals surface area contributed by atoms with Gasteiger partial charge in [-0.15, -0.1) is 0 Å². The van der Waals surface area contributed by atoms with Crippen LogP contribution in [-0.4, -0.2) is 59.6 Å². The third kappa shape index (κ3) is 7.07. The van der Waals surface area contributed by atoms with Crippen molar-refractivity contribution in [1.82, 2.24) is 20.6 Å². The Bertz CT molecular complexity index is 1840. The maximum atomic E-state index is 14.8. The van der Waals surface area contributed by atoms with Gasteiger partial charge in [0.05, 0.1) is 25.6 Å². The minimum atomic E-state index is -1.99. The van der Waals surface area contributed by atoms with Gasteiger partial charge < -0.3 is 40.8 Å². The Balaban J connectivity index is 1.30. The average molecular weight is 656 g/mol. The molecular formula is C34H34FN7O6. The first-order valence-corrected chi connectivity index (χ1v) is 15.4. The zero-order valence-corrected chi connectivity index (χ0v) is 26.3. The highest BCUT2D eigenvalue weighted by molar-refractivity contribution is 6.16. The molecule has 2 atom stereocenters. The number of aromatic nitrogens is 2. The molecule has 5 N–H and O–H groups in total. The number of halogens is 1. The van der Waals surface area contributed by atoms with Crippen molar-refractivity contribution in [1.29, 1.82) is 0 Å². The zero-order valence-electron chi connectivity index (χ0n) is 26.3. The van der Waals surface area contributed by atoms with Gasteiger partial charge in [0.2, 0.25) is 11.9 Å². The molecular weight excluding hydrogens is 621 g/mol. The number of ether oxygens (including phenoxy) is 3. The molecule has 10 rings (SSSR count). The van der Waals surface area contributed by atoms with Crippen LogP contribution in [0, 0.1) is 5.82 Å². The third-order valence-corrected chi connectivity index (χ3v) is 7.87. The Labute approximate surface area is 275 Å². The van der Waals surface area contributed by atoms with Crippen molar-refractivity contribution < 1.29 is 33.0 Å². The zero-order chi connectivity index (χ0) is 33.7. The number of benzene rings is 3. The van der Waals surface area contributed by atoms with Crippen molar-refractivity contribution in [2.75, 3.05) is 36.2 Å². The van der Waals surface area contributed by atoms with Crippen LogP contribution in [0.5, 0.6) is 17.2 Å². The van der Waals surface area contributed by atoms with Crippen LogP contribution in [0.2, 0.25) is 0 Å². The highest BCUT2D eigenvalue weighted by atomic mass is 19.1. The summed E-state index contributed by atoms with van der Waals surface area (Å²) in [7, 11) is 1.52. The minimum absolute atomic E-state index is 0.115. The molecule has 1 aromatic heterocycles. The van der Waals surface area contributed by atoms with Crippen LogP contribution in [0.1, 0.15) is 25.3 Å². The van der Waals surface area contributed by atoms with Crippen molar-refractivity contribution in [2.24, 2.45) is 0 Å². The fourth-order valence-electron chi connectivity index (χ4n) is 5.20. The number of anilines is 5. The van der Waals surface area contributed by atoms with E-state index in [2.05, 4.69) is 36.6 Å². The first-order chi connectivity index (χ1) is 23.2. The SMILES string of the molecule is COc1cc2ccc1OCCCCNC(=O)[C@@H](Cc1ccccc1)NC(=O)C1(C)Oc3ccc(cc3NC1=O)Nc1nc(ncc1F)N2. The van der Waals surface area contributed by atoms with E-state index in [1.165, 1.54) is 26.2 Å². The van der Waals surface area contributed by atoms with Crippen LogP contribution < -0.4 is 40.8 Å². The van der Waals surface area contributed by atoms with Crippen molar-refractivity contribution in [3.8, 4) is 17.2 Å². The van der Waals surface area contributed by atoms with E-state index in [4.69, 9.17) is 14.2 Å². The van der Waals surface area contributed by atoms with Gasteiger partial charge in [-0.2, -0.15) is 4.98 Å². The van der Waals surface area contributed by atoms with Gasteiger partial charge in [-0.1, -0.05) is 30.3 Å². The summed E-state index contributed by atoms with van der Waals surface area (Å²) in [5.74, 6) is -1.46. The van der Waals surface area contributed by atoms with Crippen molar-refractivity contribution in [3.63, 3.8) is 0 Å². The Hall–Kier alpha value is -5.92. The van der Waals surface area contributed by atoms with Crippen LogP contribution >= 0.6 is 0 Å². The standard InChI is InChI=1S/C34H34FN7O6/c1-34-31(44)40-24-17-21(10-12-26(24)48-34)38-29-23(35)19-37-33(42-29)39-22-11-13-27(28(18-22)46-2)47-15-7-6-14-36-30(43)25(41-32(34)45)16-20-8-4-3-5-9-20/h3-5,8-13,17-19,25H,6-7,14-16H2,1-2H3,(H,36,43)(H,40,44)(H,41,45)(H2,37,38,39,42)/t25-,34?/m1/s1. The normalized spacial score (nSPS) is 19.6. The number of methoxy groups -OCH3 is 1. The number of carbonyl (C=O) groups is 3. The molecule has 0 saturated carbocycles. The summed E-state index contributed by atoms with van der Waals surface area (Å²) in [4.78, 5) is 48.7. The van der Waals surface area contributed by atoms with E-state index in [9.17, 15) is 18.8 Å². The number of nitrogens with one attached hydrogen (secondary N) is 5. The van der Waals surface area contributed by atoms with Crippen LogP contribution in [0.15, 0.2) is 72.9 Å². The lowest BCUT2D eigenvalue weighted by molar-refractivity contribution is -0.148. The average Bonchev–Trinajstić information content (AvgIpc) is 3.08. The van der Waals surface area contributed by atoms with Gasteiger partial charge in [-0.05, 0) is 55.7 Å². The largest absolute Gasteiger partial charge is 0.493 e. The summed E-state index contributed by atoms with van der Waals surface area (Å²) in [5, 5.41) is 14.3. The van der Waals surface area contributed by atoms with E-state index in [0.717, 1.165) is 11.8 Å². The molecule has 0 spiro atoms. The number of amides is 3. The van der Waals surface area contributed by atoms with E-state index < -0.39 is 35.2 Å². The monoisotopic (exact) mass is 655 g/mol. The molecule has 0 fully saturated rings. The van der Waals surface area contributed by atoms with Crippen LogP contribution in [0.4, 0.5) is 33.2 Å². The minimum Gasteiger partial charge on any atom is -0.493 e. The number of hydrogen-bond acceptors (Lipinski definition) is 10. The summed E-state index contributed by atoms with van der Waals surface area (Å²) in [5.41, 5.74) is 0.0408. The number of hydrogen-bond donors (Lipinski definition) is 5. The van der Waals surface area contributed by atoms with E-state index in [1.54, 1.807) is 24.3 Å². The summed E-state index contributed by atoms with van der Waals surface area (Å²) in [6, 6.07) is 18.1. The van der Waals surface area contributed by atoms with Gasteiger partial charge >= 0.3 is 0 Å². The first kappa shape index (κ1) is 32.0. The molecule has 248 valence electrons. The highest BCUT2D eigenvalue weighted by Gasteiger charge is 2.48. The number of rotatable bonds is 3. The fourth-order valence-corrected chi connectivity index (χ4v) is 5.20. The van der Waals surface area contributed by atoms with E-state index >= 15 is 0 Å². The Kier molecular flexibility index (Phi) is 9.23. The maximum absolute atomic E-state index is 14.8. The van der Waals surface area contributed by atoms with E-state index in [1.807, 2.05) is 30.3 Å². The summed E-state index contributed by atoms with van der Waals surface area (Å²) in [6.07, 6.45) is 2.43. The van der Waals surface area contributed by atoms with Crippen molar-refractivity contribution in [2.45, 2.75) is 37.8 Å². The number of carbonyl (C=O) groups excluding carboxylic acids is 3. The van der Waals surface area contributed by atoms with E-state index in [-0.39, 0.29) is 29.6 Å². The van der Waals surface area contributed by atoms with Crippen molar-refractivity contribution >= 4 is 46.5 Å². The second kappa shape index (κ2) is 13.8. The summed E-state index contributed by atoms with van der Waals surface area (Å²) < 4.78 is 32.2. The molecule has 1 unspecified atom stereocenters. The van der Waals surface area contributed by atoms with Gasteiger partial charge in [0.1, 0.15) is 11.8 Å². The lowest BCUT2D eigenvalue weighted by Crippen LogP contribution is -2.62. The molecule has 6 aliphatic heterocycles. The van der Waals surface area contributed by atoms with E-state index in [0.29, 0.717) is 48.9 Å². The second-order valence-corrected chi connectivity index (χ2v) is 11.4. The molecule has 0 saturated heterocycles. The molecule has 48 heavy (non-hydrogen) atoms. The predicted molar refractivity (Wildman–Crippen MR) is 175 cm³/mol. The molecule has 7 heterocycles. The smallest absolute Gasteiger partial charge is 0.278 e. The highest BCUT2D eigenvalue weighted by Crippen LogP contribution is 2.37. The Morgan fingerprint density at radius 2 is 1.71 bits per heavy atom. The molecule has 14 heteroatoms. The first-order valence-electron chi connectivity index (χ1n) is 15.4. The van der Waals surface area contributed by atoms with Gasteiger partial charge in [-0.25, -0.2) is 9.37 Å². The van der Waals surface area contributed by atoms with Gasteiger partial charge in [0.25, 0.3) is 17.4 Å². The second-order valence-electron chi connectivity index (χ2n) is 11.4. The lowest BCUT2D eigenvalue weighted by Gasteiger charge is -2.34. The molecule has 13 nitrogen and oxygen atoms in total. The lowest BCUT2D eigenvalue weighted by atomic mass is 9.99. The van der Waals surface area contributed by atoms with Crippen LogP contribution in [0.25, 0.3) is 0 Å².